The molecule has 0 radical (unpaired) electrons. The molecule has 3 aromatic heterocycles. The fraction of sp³-hybridized carbons (Fsp3) is 0.435. The first kappa shape index (κ1) is 20.6. The predicted octanol–water partition coefficient (Wildman–Crippen LogP) is 1.63. The summed E-state index contributed by atoms with van der Waals surface area (Å²) in [5.74, 6) is 0.374. The van der Waals surface area contributed by atoms with Crippen LogP contribution in [0.15, 0.2) is 46.0 Å². The smallest absolute Gasteiger partial charge is 0.292 e. The Balaban J connectivity index is 1.18. The fourth-order valence-electron chi connectivity index (χ4n) is 4.39. The molecule has 9 nitrogen and oxygen atoms in total. The number of rotatable bonds is 5. The van der Waals surface area contributed by atoms with Crippen molar-refractivity contribution in [1.82, 2.24) is 29.7 Å². The minimum Gasteiger partial charge on any atom is -0.350 e. The van der Waals surface area contributed by atoms with Crippen LogP contribution in [-0.4, -0.2) is 68.4 Å². The first-order valence-corrected chi connectivity index (χ1v) is 11.2. The summed E-state index contributed by atoms with van der Waals surface area (Å²) in [5.41, 5.74) is 3.43. The Labute approximate surface area is 185 Å². The van der Waals surface area contributed by atoms with Crippen LogP contribution in [-0.2, 0) is 19.4 Å². The molecule has 1 aliphatic carbocycles. The molecule has 0 unspecified atom stereocenters. The van der Waals surface area contributed by atoms with Crippen molar-refractivity contribution in [3.8, 4) is 11.3 Å². The fourth-order valence-corrected chi connectivity index (χ4v) is 4.39. The highest BCUT2D eigenvalue weighted by atomic mass is 16.5. The monoisotopic (exact) mass is 434 g/mol. The van der Waals surface area contributed by atoms with Crippen LogP contribution in [0.3, 0.4) is 0 Å². The van der Waals surface area contributed by atoms with Crippen molar-refractivity contribution in [2.75, 3.05) is 32.7 Å². The zero-order chi connectivity index (χ0) is 21.9. The van der Waals surface area contributed by atoms with Gasteiger partial charge in [-0.05, 0) is 43.9 Å². The molecule has 1 amide bonds. The van der Waals surface area contributed by atoms with Gasteiger partial charge in [-0.2, -0.15) is 5.10 Å². The highest BCUT2D eigenvalue weighted by molar-refractivity contribution is 5.93. The maximum atomic E-state index is 12.9. The summed E-state index contributed by atoms with van der Waals surface area (Å²) < 4.78 is 6.92. The molecule has 32 heavy (non-hydrogen) atoms. The van der Waals surface area contributed by atoms with E-state index in [2.05, 4.69) is 20.1 Å². The number of aryl methyl sites for hydroxylation is 1. The van der Waals surface area contributed by atoms with Crippen molar-refractivity contribution < 1.29 is 9.32 Å². The minimum atomic E-state index is -0.124. The van der Waals surface area contributed by atoms with Crippen LogP contribution < -0.4 is 5.56 Å². The Hall–Kier alpha value is -3.33. The van der Waals surface area contributed by atoms with Crippen molar-refractivity contribution in [2.45, 2.75) is 32.2 Å². The number of piperazine rings is 1. The lowest BCUT2D eigenvalue weighted by molar-refractivity contribution is 0.0590. The minimum absolute atomic E-state index is 0.0534. The molecule has 9 heteroatoms. The Morgan fingerprint density at radius 3 is 2.69 bits per heavy atom. The second-order valence-corrected chi connectivity index (χ2v) is 8.30. The van der Waals surface area contributed by atoms with E-state index in [0.717, 1.165) is 61.3 Å². The Morgan fingerprint density at radius 1 is 1.03 bits per heavy atom. The first-order valence-electron chi connectivity index (χ1n) is 11.2. The number of hydrogen-bond acceptors (Lipinski definition) is 7. The van der Waals surface area contributed by atoms with E-state index in [0.29, 0.717) is 31.9 Å². The van der Waals surface area contributed by atoms with Crippen LogP contribution in [0.5, 0.6) is 0 Å². The Kier molecular flexibility index (Phi) is 5.81. The van der Waals surface area contributed by atoms with E-state index in [1.165, 1.54) is 4.68 Å². The van der Waals surface area contributed by atoms with Gasteiger partial charge in [0.15, 0.2) is 0 Å². The topological polar surface area (TPSA) is 97.4 Å². The largest absolute Gasteiger partial charge is 0.350 e. The molecular weight excluding hydrogens is 408 g/mol. The summed E-state index contributed by atoms with van der Waals surface area (Å²) in [6.07, 6.45) is 7.40. The molecule has 1 aliphatic heterocycles. The molecule has 0 bridgehead atoms. The summed E-state index contributed by atoms with van der Waals surface area (Å²) in [4.78, 5) is 33.4. The molecule has 0 spiro atoms. The lowest BCUT2D eigenvalue weighted by atomic mass is 9.96. The van der Waals surface area contributed by atoms with Crippen LogP contribution in [0.4, 0.5) is 0 Å². The molecule has 166 valence electrons. The van der Waals surface area contributed by atoms with E-state index in [1.807, 2.05) is 17.0 Å². The molecular formula is C23H26N6O3. The number of hydrogen-bond donors (Lipinski definition) is 0. The van der Waals surface area contributed by atoms with E-state index in [1.54, 1.807) is 24.5 Å². The molecule has 0 N–H and O–H groups in total. The van der Waals surface area contributed by atoms with Crippen LogP contribution in [0.1, 0.15) is 34.7 Å². The highest BCUT2D eigenvalue weighted by Gasteiger charge is 2.29. The molecule has 3 aromatic rings. The first-order chi connectivity index (χ1) is 15.7. The van der Waals surface area contributed by atoms with Crippen molar-refractivity contribution in [2.24, 2.45) is 0 Å². The van der Waals surface area contributed by atoms with E-state index in [4.69, 9.17) is 4.52 Å². The molecule has 0 saturated carbocycles. The zero-order valence-electron chi connectivity index (χ0n) is 17.9. The van der Waals surface area contributed by atoms with Gasteiger partial charge in [-0.3, -0.25) is 19.5 Å². The van der Waals surface area contributed by atoms with Crippen molar-refractivity contribution in [3.63, 3.8) is 0 Å². The second-order valence-electron chi connectivity index (χ2n) is 8.30. The van der Waals surface area contributed by atoms with Gasteiger partial charge in [0.05, 0.1) is 17.9 Å². The summed E-state index contributed by atoms with van der Waals surface area (Å²) in [7, 11) is 0. The number of nitrogens with zero attached hydrogens (tertiary/aromatic N) is 6. The molecule has 2 aliphatic rings. The number of fused-ring (bicyclic) bond motifs is 1. The standard InChI is InChI=1S/C23H26N6O3/c30-21-8-7-19(17-4-3-9-24-16-17)25-29(21)15-12-27-10-13-28(14-11-27)23(31)22-18-5-1-2-6-20(18)26-32-22/h3-4,7-9,16H,1-2,5-6,10-15H2. The average Bonchev–Trinajstić information content (AvgIpc) is 3.28. The van der Waals surface area contributed by atoms with Gasteiger partial charge in [0, 0.05) is 62.3 Å². The maximum Gasteiger partial charge on any atom is 0.292 e. The van der Waals surface area contributed by atoms with Crippen LogP contribution >= 0.6 is 0 Å². The van der Waals surface area contributed by atoms with Gasteiger partial charge in [-0.15, -0.1) is 0 Å². The second kappa shape index (κ2) is 9.04. The van der Waals surface area contributed by atoms with E-state index >= 15 is 0 Å². The molecule has 0 atom stereocenters. The SMILES string of the molecule is O=C(c1onc2c1CCCC2)N1CCN(CCn2nc(-c3cccnc3)ccc2=O)CC1. The summed E-state index contributed by atoms with van der Waals surface area (Å²) >= 11 is 0. The third kappa shape index (κ3) is 4.20. The third-order valence-electron chi connectivity index (χ3n) is 6.27. The normalized spacial score (nSPS) is 16.7. The van der Waals surface area contributed by atoms with Crippen molar-refractivity contribution in [3.05, 3.63) is 64.0 Å². The van der Waals surface area contributed by atoms with Gasteiger partial charge in [0.25, 0.3) is 11.5 Å². The summed E-state index contributed by atoms with van der Waals surface area (Å²) in [5, 5.41) is 8.61. The quantitative estimate of drug-likeness (QED) is 0.602. The van der Waals surface area contributed by atoms with Gasteiger partial charge in [0.1, 0.15) is 0 Å². The zero-order valence-corrected chi connectivity index (χ0v) is 17.9. The van der Waals surface area contributed by atoms with Gasteiger partial charge in [-0.25, -0.2) is 4.68 Å². The number of aromatic nitrogens is 4. The lowest BCUT2D eigenvalue weighted by Gasteiger charge is -2.34. The highest BCUT2D eigenvalue weighted by Crippen LogP contribution is 2.25. The van der Waals surface area contributed by atoms with Crippen LogP contribution in [0.25, 0.3) is 11.3 Å². The van der Waals surface area contributed by atoms with Gasteiger partial charge >= 0.3 is 0 Å². The van der Waals surface area contributed by atoms with Crippen LogP contribution in [0, 0.1) is 0 Å². The average molecular weight is 435 g/mol. The molecule has 1 saturated heterocycles. The number of pyridine rings is 1. The molecule has 5 rings (SSSR count). The van der Waals surface area contributed by atoms with E-state index in [9.17, 15) is 9.59 Å². The maximum absolute atomic E-state index is 12.9. The van der Waals surface area contributed by atoms with Gasteiger partial charge < -0.3 is 9.42 Å². The number of carbonyl (C=O) groups excluding carboxylic acids is 1. The van der Waals surface area contributed by atoms with Gasteiger partial charge in [0.2, 0.25) is 5.76 Å². The molecule has 0 aromatic carbocycles. The van der Waals surface area contributed by atoms with Crippen molar-refractivity contribution >= 4 is 5.91 Å². The number of amides is 1. The Bertz CT molecular complexity index is 1150. The Morgan fingerprint density at radius 2 is 1.88 bits per heavy atom. The molecule has 1 fully saturated rings. The third-order valence-corrected chi connectivity index (χ3v) is 6.27. The van der Waals surface area contributed by atoms with Crippen molar-refractivity contribution in [1.29, 1.82) is 0 Å². The lowest BCUT2D eigenvalue weighted by Crippen LogP contribution is -2.49. The molecule has 4 heterocycles. The summed E-state index contributed by atoms with van der Waals surface area (Å²) in [6, 6.07) is 7.04. The van der Waals surface area contributed by atoms with Crippen LogP contribution in [0.2, 0.25) is 0 Å². The number of carbonyl (C=O) groups is 1. The predicted molar refractivity (Wildman–Crippen MR) is 117 cm³/mol. The van der Waals surface area contributed by atoms with E-state index in [-0.39, 0.29) is 11.5 Å². The van der Waals surface area contributed by atoms with Gasteiger partial charge in [-0.1, -0.05) is 5.16 Å². The summed E-state index contributed by atoms with van der Waals surface area (Å²) in [6.45, 7) is 3.95. The van der Waals surface area contributed by atoms with E-state index < -0.39 is 0 Å².